The summed E-state index contributed by atoms with van der Waals surface area (Å²) in [5, 5.41) is 4.30. The van der Waals surface area contributed by atoms with Crippen molar-refractivity contribution in [1.29, 1.82) is 0 Å². The van der Waals surface area contributed by atoms with Crippen molar-refractivity contribution in [2.24, 2.45) is 0 Å². The van der Waals surface area contributed by atoms with Crippen LogP contribution in [0.3, 0.4) is 0 Å². The smallest absolute Gasteiger partial charge is 0.227 e. The third-order valence-corrected chi connectivity index (χ3v) is 12.5. The first-order valence-electron chi connectivity index (χ1n) is 20.5. The van der Waals surface area contributed by atoms with Gasteiger partial charge in [0, 0.05) is 43.9 Å². The van der Waals surface area contributed by atoms with Crippen molar-refractivity contribution < 1.29 is 8.83 Å². The van der Waals surface area contributed by atoms with Gasteiger partial charge in [0.25, 0.3) is 0 Å². The van der Waals surface area contributed by atoms with Gasteiger partial charge in [-0.05, 0) is 111 Å². The van der Waals surface area contributed by atoms with Gasteiger partial charge < -0.3 is 13.7 Å². The van der Waals surface area contributed by atoms with Crippen molar-refractivity contribution >= 4 is 60.9 Å². The molecule has 0 atom stereocenters. The molecule has 0 unspecified atom stereocenters. The lowest BCUT2D eigenvalue weighted by atomic mass is 9.82. The summed E-state index contributed by atoms with van der Waals surface area (Å²) < 4.78 is 13.1. The highest BCUT2D eigenvalue weighted by Crippen LogP contribution is 2.52. The predicted octanol–water partition coefficient (Wildman–Crippen LogP) is 15.7. The third-order valence-electron chi connectivity index (χ3n) is 12.5. The molecule has 9 aromatic carbocycles. The summed E-state index contributed by atoms with van der Waals surface area (Å²) in [5.41, 5.74) is 17.2. The van der Waals surface area contributed by atoms with Crippen LogP contribution in [0, 0.1) is 0 Å². The van der Waals surface area contributed by atoms with Crippen molar-refractivity contribution in [3.8, 4) is 44.8 Å². The number of furan rings is 1. The van der Waals surface area contributed by atoms with E-state index in [0.29, 0.717) is 5.89 Å². The Hall–Kier alpha value is -7.69. The molecule has 0 amide bonds. The molecule has 0 radical (unpaired) electrons. The minimum Gasteiger partial charge on any atom is -0.455 e. The van der Waals surface area contributed by atoms with Crippen molar-refractivity contribution in [3.05, 3.63) is 205 Å². The number of fused-ring (bicyclic) bond motifs is 9. The van der Waals surface area contributed by atoms with Crippen LogP contribution >= 0.6 is 0 Å². The van der Waals surface area contributed by atoms with Crippen molar-refractivity contribution in [2.45, 2.75) is 19.3 Å². The van der Waals surface area contributed by atoms with E-state index in [9.17, 15) is 0 Å². The largest absolute Gasteiger partial charge is 0.455 e. The first-order chi connectivity index (χ1) is 29.5. The Morgan fingerprint density at radius 3 is 1.87 bits per heavy atom. The molecule has 0 aliphatic heterocycles. The molecular weight excluding hydrogens is 733 g/mol. The first-order valence-corrected chi connectivity index (χ1v) is 20.5. The van der Waals surface area contributed by atoms with Crippen LogP contribution in [0.2, 0.25) is 0 Å². The Bertz CT molecular complexity index is 3450. The average Bonchev–Trinajstić information content (AvgIpc) is 3.97. The van der Waals surface area contributed by atoms with E-state index in [1.807, 2.05) is 36.4 Å². The molecule has 4 heteroatoms. The molecular formula is C56H38N2O2. The fourth-order valence-electron chi connectivity index (χ4n) is 9.44. The fraction of sp³-hybridized carbons (Fsp3) is 0.0536. The second-order valence-corrected chi connectivity index (χ2v) is 16.3. The molecule has 0 saturated heterocycles. The number of aromatic nitrogens is 1. The van der Waals surface area contributed by atoms with Gasteiger partial charge in [0.15, 0.2) is 5.58 Å². The van der Waals surface area contributed by atoms with Gasteiger partial charge in [-0.15, -0.1) is 0 Å². The van der Waals surface area contributed by atoms with E-state index in [1.54, 1.807) is 0 Å². The zero-order valence-corrected chi connectivity index (χ0v) is 33.2. The van der Waals surface area contributed by atoms with Gasteiger partial charge in [-0.3, -0.25) is 0 Å². The van der Waals surface area contributed by atoms with E-state index in [2.05, 4.69) is 176 Å². The molecule has 0 bridgehead atoms. The number of rotatable bonds is 6. The van der Waals surface area contributed by atoms with Crippen LogP contribution in [0.15, 0.2) is 203 Å². The fourth-order valence-corrected chi connectivity index (χ4v) is 9.44. The van der Waals surface area contributed by atoms with Crippen molar-refractivity contribution in [1.82, 2.24) is 4.98 Å². The van der Waals surface area contributed by atoms with Crippen LogP contribution in [-0.2, 0) is 5.41 Å². The van der Waals surface area contributed by atoms with E-state index >= 15 is 0 Å². The van der Waals surface area contributed by atoms with E-state index in [0.717, 1.165) is 77.6 Å². The van der Waals surface area contributed by atoms with E-state index < -0.39 is 0 Å². The Morgan fingerprint density at radius 2 is 1.05 bits per heavy atom. The number of benzene rings is 9. The number of nitrogens with zero attached hydrogens (tertiary/aromatic N) is 2. The summed E-state index contributed by atoms with van der Waals surface area (Å²) in [6.45, 7) is 4.69. The highest BCUT2D eigenvalue weighted by molar-refractivity contribution is 6.20. The summed E-state index contributed by atoms with van der Waals surface area (Å²) in [7, 11) is 0. The second-order valence-electron chi connectivity index (χ2n) is 16.3. The molecule has 11 aromatic rings. The minimum atomic E-state index is -0.147. The first kappa shape index (κ1) is 34.4. The topological polar surface area (TPSA) is 42.4 Å². The maximum Gasteiger partial charge on any atom is 0.227 e. The van der Waals surface area contributed by atoms with Gasteiger partial charge in [-0.1, -0.05) is 141 Å². The monoisotopic (exact) mass is 770 g/mol. The molecule has 1 aliphatic rings. The van der Waals surface area contributed by atoms with Crippen LogP contribution in [0.25, 0.3) is 88.6 Å². The molecule has 12 rings (SSSR count). The summed E-state index contributed by atoms with van der Waals surface area (Å²) >= 11 is 0. The van der Waals surface area contributed by atoms with Gasteiger partial charge in [0.05, 0.1) is 5.69 Å². The minimum absolute atomic E-state index is 0.147. The molecule has 0 saturated carbocycles. The molecule has 284 valence electrons. The maximum atomic E-state index is 6.77. The number of hydrogen-bond acceptors (Lipinski definition) is 4. The van der Waals surface area contributed by atoms with Gasteiger partial charge in [-0.2, -0.15) is 0 Å². The number of oxazole rings is 1. The molecule has 0 N–H and O–H groups in total. The SMILES string of the molecule is CC1(C)c2ccccc2-c2ccc(N(c3ccc(-c4ccccc4)cc3)c3cc4c5cc(-c6ccc7nc(-c8ccccc8)oc7c6)ccc5oc4c4ccccc34)cc21. The van der Waals surface area contributed by atoms with Gasteiger partial charge in [0.1, 0.15) is 16.7 Å². The zero-order chi connectivity index (χ0) is 40.0. The average molecular weight is 771 g/mol. The summed E-state index contributed by atoms with van der Waals surface area (Å²) in [6, 6.07) is 69.2. The standard InChI is InChI=1S/C56H38N2O2/c1-56(2)48-20-12-11-17-42(48)43-28-27-41(33-49(43)56)58(40-25-21-36(22-26-40)35-13-5-3-6-14-35)51-34-47-46-31-38(24-30-52(46)59-54(47)45-19-10-9-18-44(45)51)39-23-29-50-53(32-39)60-55(57-50)37-15-7-4-8-16-37/h3-34H,1-2H3. The van der Waals surface area contributed by atoms with Crippen molar-refractivity contribution in [2.75, 3.05) is 4.90 Å². The Labute approximate surface area is 347 Å². The van der Waals surface area contributed by atoms with Gasteiger partial charge in [0.2, 0.25) is 5.89 Å². The van der Waals surface area contributed by atoms with Crippen LogP contribution in [0.1, 0.15) is 25.0 Å². The highest BCUT2D eigenvalue weighted by Gasteiger charge is 2.36. The van der Waals surface area contributed by atoms with Crippen LogP contribution < -0.4 is 4.90 Å². The molecule has 0 spiro atoms. The Kier molecular flexibility index (Phi) is 7.54. The quantitative estimate of drug-likeness (QED) is 0.169. The Balaban J connectivity index is 1.05. The lowest BCUT2D eigenvalue weighted by Crippen LogP contribution is -2.16. The predicted molar refractivity (Wildman–Crippen MR) is 247 cm³/mol. The summed E-state index contributed by atoms with van der Waals surface area (Å²) in [4.78, 5) is 7.21. The molecule has 4 nitrogen and oxygen atoms in total. The van der Waals surface area contributed by atoms with E-state index in [-0.39, 0.29) is 5.41 Å². The number of hydrogen-bond donors (Lipinski definition) is 0. The summed E-state index contributed by atoms with van der Waals surface area (Å²) in [5.74, 6) is 0.620. The maximum absolute atomic E-state index is 6.77. The van der Waals surface area contributed by atoms with Crippen LogP contribution in [0.4, 0.5) is 17.1 Å². The molecule has 1 aliphatic carbocycles. The number of anilines is 3. The van der Waals surface area contributed by atoms with E-state index in [1.165, 1.54) is 33.4 Å². The lowest BCUT2D eigenvalue weighted by molar-refractivity contribution is 0.620. The molecule has 2 aromatic heterocycles. The zero-order valence-electron chi connectivity index (χ0n) is 33.2. The highest BCUT2D eigenvalue weighted by atomic mass is 16.3. The third kappa shape index (κ3) is 5.34. The Morgan fingerprint density at radius 1 is 0.417 bits per heavy atom. The molecule has 60 heavy (non-hydrogen) atoms. The normalized spacial score (nSPS) is 13.0. The van der Waals surface area contributed by atoms with Gasteiger partial charge in [-0.25, -0.2) is 4.98 Å². The molecule has 2 heterocycles. The second kappa shape index (κ2) is 13.2. The van der Waals surface area contributed by atoms with Gasteiger partial charge >= 0.3 is 0 Å². The van der Waals surface area contributed by atoms with Crippen LogP contribution in [-0.4, -0.2) is 4.98 Å². The van der Waals surface area contributed by atoms with E-state index in [4.69, 9.17) is 13.8 Å². The molecule has 0 fully saturated rings. The lowest BCUT2D eigenvalue weighted by Gasteiger charge is -2.29. The summed E-state index contributed by atoms with van der Waals surface area (Å²) in [6.07, 6.45) is 0. The van der Waals surface area contributed by atoms with Crippen LogP contribution in [0.5, 0.6) is 0 Å². The van der Waals surface area contributed by atoms with Crippen molar-refractivity contribution in [3.63, 3.8) is 0 Å².